The number of rotatable bonds is 6. The zero-order valence-electron chi connectivity index (χ0n) is 23.1. The van der Waals surface area contributed by atoms with Crippen LogP contribution in [0.4, 0.5) is 23.7 Å². The normalized spacial score (nSPS) is 16.3. The second-order valence-electron chi connectivity index (χ2n) is 9.52. The highest BCUT2D eigenvalue weighted by Gasteiger charge is 2.49. The number of sulfone groups is 1. The van der Waals surface area contributed by atoms with Crippen LogP contribution in [0.5, 0.6) is 0 Å². The Labute approximate surface area is 245 Å². The number of urea groups is 1. The number of amides is 2. The first-order valence-corrected chi connectivity index (χ1v) is 15.7. The van der Waals surface area contributed by atoms with E-state index in [0.29, 0.717) is 11.0 Å². The SMILES string of the molecule is [C-]#[N+]C1=C(C)N(c2cccc(C(F)(F)F)c2)C(=O)N(S(=O)(=O)c2cn(CC)nc2C)[C@@H]1c1ccc(C#N)cc1S(C)(=O)=O. The third-order valence-electron chi connectivity index (χ3n) is 6.73. The van der Waals surface area contributed by atoms with Crippen molar-refractivity contribution in [1.29, 1.82) is 5.26 Å². The highest BCUT2D eigenvalue weighted by Crippen LogP contribution is 2.45. The molecule has 2 amide bonds. The van der Waals surface area contributed by atoms with Gasteiger partial charge in [-0.15, -0.1) is 0 Å². The summed E-state index contributed by atoms with van der Waals surface area (Å²) in [5.41, 5.74) is -2.57. The molecule has 0 N–H and O–H groups in total. The van der Waals surface area contributed by atoms with E-state index in [1.54, 1.807) is 13.0 Å². The third-order valence-corrected chi connectivity index (χ3v) is 9.72. The molecule has 0 saturated carbocycles. The van der Waals surface area contributed by atoms with Gasteiger partial charge in [0.15, 0.2) is 9.84 Å². The van der Waals surface area contributed by atoms with Gasteiger partial charge in [0.2, 0.25) is 5.70 Å². The molecule has 11 nitrogen and oxygen atoms in total. The number of alkyl halides is 3. The lowest BCUT2D eigenvalue weighted by molar-refractivity contribution is -0.137. The molecule has 1 aliphatic heterocycles. The van der Waals surface area contributed by atoms with Crippen LogP contribution in [0.3, 0.4) is 0 Å². The lowest BCUT2D eigenvalue weighted by Crippen LogP contribution is -2.52. The second kappa shape index (κ2) is 10.9. The predicted octanol–water partition coefficient (Wildman–Crippen LogP) is 5.03. The first kappa shape index (κ1) is 31.3. The van der Waals surface area contributed by atoms with Gasteiger partial charge in [-0.2, -0.15) is 23.5 Å². The van der Waals surface area contributed by atoms with Crippen LogP contribution in [0, 0.1) is 24.8 Å². The molecule has 0 spiro atoms. The van der Waals surface area contributed by atoms with E-state index in [-0.39, 0.29) is 39.1 Å². The molecule has 3 aromatic rings. The molecule has 0 saturated heterocycles. The average molecular weight is 633 g/mol. The smallest absolute Gasteiger partial charge is 0.277 e. The fourth-order valence-corrected chi connectivity index (χ4v) is 7.34. The summed E-state index contributed by atoms with van der Waals surface area (Å²) in [6.07, 6.45) is -2.83. The number of nitriles is 1. The summed E-state index contributed by atoms with van der Waals surface area (Å²) in [4.78, 5) is 17.4. The summed E-state index contributed by atoms with van der Waals surface area (Å²) in [7, 11) is -9.13. The Kier molecular flexibility index (Phi) is 7.90. The van der Waals surface area contributed by atoms with Crippen molar-refractivity contribution in [2.24, 2.45) is 0 Å². The minimum Gasteiger partial charge on any atom is -0.277 e. The van der Waals surface area contributed by atoms with Gasteiger partial charge in [-0.1, -0.05) is 12.1 Å². The van der Waals surface area contributed by atoms with E-state index >= 15 is 0 Å². The van der Waals surface area contributed by atoms with Crippen molar-refractivity contribution in [1.82, 2.24) is 14.1 Å². The molecule has 0 fully saturated rings. The van der Waals surface area contributed by atoms with E-state index in [9.17, 15) is 40.1 Å². The molecule has 0 radical (unpaired) electrons. The van der Waals surface area contributed by atoms with Crippen LogP contribution in [0.1, 0.15) is 42.3 Å². The molecule has 4 rings (SSSR count). The van der Waals surface area contributed by atoms with E-state index in [0.717, 1.165) is 42.8 Å². The lowest BCUT2D eigenvalue weighted by atomic mass is 9.98. The minimum atomic E-state index is -4.95. The molecule has 0 bridgehead atoms. The molecule has 0 aliphatic carbocycles. The first-order chi connectivity index (χ1) is 20.0. The van der Waals surface area contributed by atoms with Crippen molar-refractivity contribution in [3.8, 4) is 6.07 Å². The van der Waals surface area contributed by atoms with E-state index in [4.69, 9.17) is 6.57 Å². The number of sulfonamides is 1. The van der Waals surface area contributed by atoms with Gasteiger partial charge in [0.1, 0.15) is 10.9 Å². The number of aromatic nitrogens is 2. The largest absolute Gasteiger partial charge is 0.416 e. The van der Waals surface area contributed by atoms with E-state index in [1.807, 2.05) is 0 Å². The third kappa shape index (κ3) is 5.47. The van der Waals surface area contributed by atoms with Crippen LogP contribution in [0.25, 0.3) is 4.85 Å². The number of halogens is 3. The maximum atomic E-state index is 14.3. The summed E-state index contributed by atoms with van der Waals surface area (Å²) >= 11 is 0. The van der Waals surface area contributed by atoms with Crippen molar-refractivity contribution >= 4 is 31.6 Å². The Balaban J connectivity index is 2.13. The molecule has 1 aliphatic rings. The van der Waals surface area contributed by atoms with Crippen molar-refractivity contribution in [2.75, 3.05) is 11.2 Å². The lowest BCUT2D eigenvalue weighted by Gasteiger charge is -2.41. The Morgan fingerprint density at radius 2 is 1.77 bits per heavy atom. The molecule has 16 heteroatoms. The second-order valence-corrected chi connectivity index (χ2v) is 13.3. The Morgan fingerprint density at radius 1 is 1.09 bits per heavy atom. The van der Waals surface area contributed by atoms with Crippen molar-refractivity contribution in [3.05, 3.63) is 93.9 Å². The number of anilines is 1. The fourth-order valence-electron chi connectivity index (χ4n) is 4.73. The number of carbonyl (C=O) groups is 1. The number of allylic oxidation sites excluding steroid dienone is 1. The number of carbonyl (C=O) groups excluding carboxylic acids is 1. The molecular weight excluding hydrogens is 609 g/mol. The van der Waals surface area contributed by atoms with Gasteiger partial charge in [-0.25, -0.2) is 30.8 Å². The van der Waals surface area contributed by atoms with E-state index in [1.165, 1.54) is 24.6 Å². The van der Waals surface area contributed by atoms with Gasteiger partial charge in [0, 0.05) is 30.4 Å². The van der Waals surface area contributed by atoms with Gasteiger partial charge in [0.05, 0.1) is 34.4 Å². The van der Waals surface area contributed by atoms with Crippen molar-refractivity contribution in [3.63, 3.8) is 0 Å². The first-order valence-electron chi connectivity index (χ1n) is 12.4. The standard InChI is InChI=1S/C27H23F3N6O5S2/c1-6-34-15-23(16(2)33-34)43(40,41)36-25(21-11-10-18(14-31)12-22(21)42(5,38)39)24(32-4)17(3)35(26(36)37)20-9-7-8-19(13-20)27(28,29)30/h7-13,15,25H,6H2,1-3,5H3/t25-/m1/s1. The van der Waals surface area contributed by atoms with E-state index < -0.39 is 59.2 Å². The molecule has 43 heavy (non-hydrogen) atoms. The highest BCUT2D eigenvalue weighted by molar-refractivity contribution is 7.91. The van der Waals surface area contributed by atoms with Gasteiger partial charge >= 0.3 is 12.2 Å². The maximum Gasteiger partial charge on any atom is 0.416 e. The zero-order chi connectivity index (χ0) is 32.1. The predicted molar refractivity (Wildman–Crippen MR) is 147 cm³/mol. The number of benzene rings is 2. The average Bonchev–Trinajstić information content (AvgIpc) is 3.33. The van der Waals surface area contributed by atoms with Crippen LogP contribution in [-0.4, -0.2) is 43.2 Å². The fraction of sp³-hybridized carbons (Fsp3) is 0.259. The van der Waals surface area contributed by atoms with Crippen molar-refractivity contribution in [2.45, 2.75) is 49.3 Å². The topological polar surface area (TPSA) is 138 Å². The highest BCUT2D eigenvalue weighted by atomic mass is 32.2. The van der Waals surface area contributed by atoms with Crippen LogP contribution < -0.4 is 4.90 Å². The number of hydrogen-bond donors (Lipinski definition) is 0. The number of aryl methyl sites for hydroxylation is 2. The molecule has 0 unspecified atom stereocenters. The molecule has 2 heterocycles. The monoisotopic (exact) mass is 632 g/mol. The summed E-state index contributed by atoms with van der Waals surface area (Å²) in [5, 5.41) is 13.5. The minimum absolute atomic E-state index is 0.0159. The number of nitrogens with zero attached hydrogens (tertiary/aromatic N) is 6. The molecule has 2 aromatic carbocycles. The van der Waals surface area contributed by atoms with E-state index in [2.05, 4.69) is 9.94 Å². The van der Waals surface area contributed by atoms with Crippen LogP contribution >= 0.6 is 0 Å². The quantitative estimate of drug-likeness (QED) is 0.348. The van der Waals surface area contributed by atoms with Crippen molar-refractivity contribution < 1.29 is 34.8 Å². The zero-order valence-corrected chi connectivity index (χ0v) is 24.7. The molecule has 1 aromatic heterocycles. The number of hydrogen-bond acceptors (Lipinski definition) is 7. The molecule has 224 valence electrons. The molecular formula is C27H23F3N6O5S2. The van der Waals surface area contributed by atoms with Crippen LogP contribution in [0.2, 0.25) is 0 Å². The maximum absolute atomic E-state index is 14.3. The summed E-state index contributed by atoms with van der Waals surface area (Å²) in [6, 6.07) is 5.48. The molecule has 1 atom stereocenters. The summed E-state index contributed by atoms with van der Waals surface area (Å²) < 4.78 is 96.7. The summed E-state index contributed by atoms with van der Waals surface area (Å²) in [5.74, 6) is 0. The van der Waals surface area contributed by atoms with Gasteiger partial charge in [-0.3, -0.25) is 9.58 Å². The Hall–Kier alpha value is -4.67. The van der Waals surface area contributed by atoms with Gasteiger partial charge in [0.25, 0.3) is 10.0 Å². The summed E-state index contributed by atoms with van der Waals surface area (Å²) in [6.45, 7) is 12.5. The Morgan fingerprint density at radius 3 is 2.30 bits per heavy atom. The Bertz CT molecular complexity index is 1990. The van der Waals surface area contributed by atoms with Gasteiger partial charge in [-0.05, 0) is 56.7 Å². The van der Waals surface area contributed by atoms with Crippen LogP contribution in [0.15, 0.2) is 69.8 Å². The van der Waals surface area contributed by atoms with Crippen LogP contribution in [-0.2, 0) is 32.6 Å². The van der Waals surface area contributed by atoms with Gasteiger partial charge < -0.3 is 0 Å².